The minimum Gasteiger partial charge on any atom is -0.479 e. The van der Waals surface area contributed by atoms with Crippen LogP contribution in [0.15, 0.2) is 53.5 Å². The summed E-state index contributed by atoms with van der Waals surface area (Å²) in [5, 5.41) is 19.4. The Labute approximate surface area is 171 Å². The number of hydrogen-bond acceptors (Lipinski definition) is 3. The number of fused-ring (bicyclic) bond motifs is 1. The number of carbonyl (C=O) groups is 2. The third-order valence-corrected chi connectivity index (χ3v) is 4.83. The Balaban J connectivity index is 2.38. The fourth-order valence-corrected chi connectivity index (χ4v) is 3.69. The number of alkyl halides is 3. The van der Waals surface area contributed by atoms with Crippen molar-refractivity contribution in [2.75, 3.05) is 0 Å². The second-order valence-corrected chi connectivity index (χ2v) is 6.91. The predicted octanol–water partition coefficient (Wildman–Crippen LogP) is 3.42. The van der Waals surface area contributed by atoms with Crippen LogP contribution in [-0.2, 0) is 21.3 Å². The number of rotatable bonds is 4. The smallest absolute Gasteiger partial charge is 0.416 e. The number of hydrogen-bond donors (Lipinski definition) is 2. The van der Waals surface area contributed by atoms with Crippen LogP contribution in [0.2, 0.25) is 10.0 Å². The van der Waals surface area contributed by atoms with Crippen molar-refractivity contribution in [1.82, 2.24) is 0 Å². The molecule has 150 valence electrons. The van der Waals surface area contributed by atoms with Crippen LogP contribution >= 0.6 is 23.2 Å². The second-order valence-electron chi connectivity index (χ2n) is 6.07. The van der Waals surface area contributed by atoms with Crippen LogP contribution in [-0.4, -0.2) is 22.2 Å². The summed E-state index contributed by atoms with van der Waals surface area (Å²) < 4.78 is 38.7. The van der Waals surface area contributed by atoms with Gasteiger partial charge in [0.1, 0.15) is 0 Å². The molecular weight excluding hydrogens is 434 g/mol. The van der Waals surface area contributed by atoms with Gasteiger partial charge in [0.25, 0.3) is 0 Å². The number of halogens is 5. The van der Waals surface area contributed by atoms with Crippen LogP contribution in [0, 0.1) is 0 Å². The Hall–Kier alpha value is -2.84. The van der Waals surface area contributed by atoms with E-state index in [0.717, 1.165) is 30.3 Å². The summed E-state index contributed by atoms with van der Waals surface area (Å²) in [6.45, 7) is 0. The lowest BCUT2D eigenvalue weighted by atomic mass is 9.82. The first-order valence-electron chi connectivity index (χ1n) is 7.88. The molecule has 0 aromatic heterocycles. The van der Waals surface area contributed by atoms with E-state index in [-0.39, 0.29) is 31.8 Å². The van der Waals surface area contributed by atoms with Crippen molar-refractivity contribution in [2.45, 2.75) is 11.7 Å². The zero-order valence-electron chi connectivity index (χ0n) is 14.2. The Morgan fingerprint density at radius 3 is 2.21 bits per heavy atom. The average Bonchev–Trinajstić information content (AvgIpc) is 2.94. The molecule has 2 aromatic rings. The molecule has 29 heavy (non-hydrogen) atoms. The Kier molecular flexibility index (Phi) is 5.19. The molecule has 1 unspecified atom stereocenters. The quantitative estimate of drug-likeness (QED) is 0.708. The summed E-state index contributed by atoms with van der Waals surface area (Å²) in [6.07, 6.45) is -2.90. The molecule has 2 N–H and O–H groups in total. The topological polar surface area (TPSA) is 87.0 Å². The van der Waals surface area contributed by atoms with E-state index in [1.807, 2.05) is 0 Å². The fraction of sp³-hybridized carbons (Fsp3) is 0.105. The van der Waals surface area contributed by atoms with Gasteiger partial charge in [-0.05, 0) is 35.9 Å². The van der Waals surface area contributed by atoms with E-state index >= 15 is 0 Å². The van der Waals surface area contributed by atoms with Crippen LogP contribution in [0.4, 0.5) is 13.2 Å². The van der Waals surface area contributed by atoms with Crippen LogP contribution in [0.1, 0.15) is 11.1 Å². The highest BCUT2D eigenvalue weighted by atomic mass is 35.5. The monoisotopic (exact) mass is 443 g/mol. The SMILES string of the molecule is O=C(O)/C=C\C1=c2c(Cl)cc(Cl)cc2=NC1(C(=O)O)c1ccc(C(F)(F)F)cc1. The lowest BCUT2D eigenvalue weighted by Crippen LogP contribution is -2.35. The Bertz CT molecular complexity index is 1170. The minimum absolute atomic E-state index is 0.0244. The fourth-order valence-electron chi connectivity index (χ4n) is 3.10. The van der Waals surface area contributed by atoms with Crippen molar-refractivity contribution in [3.05, 3.63) is 80.3 Å². The maximum absolute atomic E-state index is 12.9. The predicted molar refractivity (Wildman–Crippen MR) is 98.2 cm³/mol. The van der Waals surface area contributed by atoms with Gasteiger partial charge in [0.2, 0.25) is 5.54 Å². The molecule has 0 saturated carbocycles. The summed E-state index contributed by atoms with van der Waals surface area (Å²) in [5.74, 6) is -2.88. The van der Waals surface area contributed by atoms with Gasteiger partial charge in [-0.25, -0.2) is 9.59 Å². The summed E-state index contributed by atoms with van der Waals surface area (Å²) in [4.78, 5) is 27.5. The number of aliphatic carboxylic acids is 2. The molecule has 0 spiro atoms. The van der Waals surface area contributed by atoms with Gasteiger partial charge in [-0.15, -0.1) is 0 Å². The van der Waals surface area contributed by atoms with E-state index in [2.05, 4.69) is 4.99 Å². The van der Waals surface area contributed by atoms with Crippen molar-refractivity contribution >= 4 is 40.7 Å². The van der Waals surface area contributed by atoms with E-state index < -0.39 is 29.2 Å². The van der Waals surface area contributed by atoms with Crippen molar-refractivity contribution in [1.29, 1.82) is 0 Å². The first kappa shape index (κ1) is 20.9. The molecule has 2 aromatic carbocycles. The maximum Gasteiger partial charge on any atom is 0.416 e. The van der Waals surface area contributed by atoms with Gasteiger partial charge in [0.15, 0.2) is 0 Å². The summed E-state index contributed by atoms with van der Waals surface area (Å²) >= 11 is 12.2. The largest absolute Gasteiger partial charge is 0.479 e. The molecule has 0 saturated heterocycles. The van der Waals surface area contributed by atoms with Crippen molar-refractivity contribution in [2.24, 2.45) is 4.99 Å². The molecule has 0 bridgehead atoms. The number of carboxylic acids is 2. The maximum atomic E-state index is 12.9. The number of nitrogens with zero attached hydrogens (tertiary/aromatic N) is 1. The van der Waals surface area contributed by atoms with Crippen LogP contribution in [0.25, 0.3) is 5.57 Å². The number of benzene rings is 2. The number of carboxylic acid groups (broad SMARTS) is 2. The summed E-state index contributed by atoms with van der Waals surface area (Å²) in [5.41, 5.74) is -3.39. The van der Waals surface area contributed by atoms with Gasteiger partial charge < -0.3 is 10.2 Å². The highest BCUT2D eigenvalue weighted by Crippen LogP contribution is 2.39. The molecule has 1 heterocycles. The van der Waals surface area contributed by atoms with Gasteiger partial charge in [0, 0.05) is 21.9 Å². The Morgan fingerprint density at radius 1 is 1.07 bits per heavy atom. The van der Waals surface area contributed by atoms with Crippen LogP contribution in [0.5, 0.6) is 0 Å². The highest BCUT2D eigenvalue weighted by Gasteiger charge is 2.47. The average molecular weight is 444 g/mol. The molecule has 0 aliphatic carbocycles. The molecule has 0 fully saturated rings. The second kappa shape index (κ2) is 7.20. The standard InChI is InChI=1S/C19H10Cl2F3NO4/c20-11-7-13(21)16-12(5-6-15(26)27)18(17(28)29,25-14(16)8-11)9-1-3-10(4-2-9)19(22,23)24/h1-8H,(H,26,27)(H,28,29)/b6-5-. The van der Waals surface area contributed by atoms with Gasteiger partial charge >= 0.3 is 18.1 Å². The van der Waals surface area contributed by atoms with Crippen molar-refractivity contribution in [3.63, 3.8) is 0 Å². The molecule has 0 radical (unpaired) electrons. The third-order valence-electron chi connectivity index (χ3n) is 4.31. The zero-order valence-corrected chi connectivity index (χ0v) is 15.7. The van der Waals surface area contributed by atoms with Gasteiger partial charge in [-0.1, -0.05) is 35.3 Å². The van der Waals surface area contributed by atoms with Gasteiger partial charge in [-0.2, -0.15) is 13.2 Å². The van der Waals surface area contributed by atoms with E-state index in [1.54, 1.807) is 0 Å². The first-order valence-corrected chi connectivity index (χ1v) is 8.64. The minimum atomic E-state index is -4.61. The van der Waals surface area contributed by atoms with Crippen molar-refractivity contribution < 1.29 is 33.0 Å². The van der Waals surface area contributed by atoms with E-state index in [0.29, 0.717) is 6.08 Å². The molecule has 0 amide bonds. The van der Waals surface area contributed by atoms with Crippen LogP contribution in [0.3, 0.4) is 0 Å². The van der Waals surface area contributed by atoms with Crippen molar-refractivity contribution in [3.8, 4) is 0 Å². The molecule has 3 rings (SSSR count). The summed E-state index contributed by atoms with van der Waals surface area (Å²) in [7, 11) is 0. The molecule has 1 atom stereocenters. The van der Waals surface area contributed by atoms with E-state index in [4.69, 9.17) is 28.3 Å². The van der Waals surface area contributed by atoms with E-state index in [9.17, 15) is 27.9 Å². The third kappa shape index (κ3) is 3.61. The lowest BCUT2D eigenvalue weighted by molar-refractivity contribution is -0.141. The first-order chi connectivity index (χ1) is 13.5. The zero-order chi connectivity index (χ0) is 21.6. The van der Waals surface area contributed by atoms with E-state index in [1.165, 1.54) is 12.1 Å². The summed E-state index contributed by atoms with van der Waals surface area (Å²) in [6, 6.07) is 6.09. The van der Waals surface area contributed by atoms with Crippen LogP contribution < -0.4 is 10.6 Å². The lowest BCUT2D eigenvalue weighted by Gasteiger charge is -2.25. The normalized spacial score (nSPS) is 18.6. The Morgan fingerprint density at radius 2 is 1.69 bits per heavy atom. The van der Waals surface area contributed by atoms with Gasteiger partial charge in [-0.3, -0.25) is 4.99 Å². The molecule has 5 nitrogen and oxygen atoms in total. The molecule has 1 aliphatic rings. The van der Waals surface area contributed by atoms with Gasteiger partial charge in [0.05, 0.1) is 15.9 Å². The molecular formula is C19H10Cl2F3NO4. The molecule has 10 heteroatoms. The molecule has 1 aliphatic heterocycles. The highest BCUT2D eigenvalue weighted by molar-refractivity contribution is 6.34.